The Morgan fingerprint density at radius 1 is 1.30 bits per heavy atom. The van der Waals surface area contributed by atoms with E-state index >= 15 is 0 Å². The van der Waals surface area contributed by atoms with E-state index in [2.05, 4.69) is 27.0 Å². The van der Waals surface area contributed by atoms with Gasteiger partial charge in [-0.25, -0.2) is 9.97 Å². The van der Waals surface area contributed by atoms with Crippen LogP contribution in [0.15, 0.2) is 24.4 Å². The Bertz CT molecular complexity index is 859. The molecule has 0 unspecified atom stereocenters. The van der Waals surface area contributed by atoms with Crippen molar-refractivity contribution in [3.8, 4) is 5.75 Å². The van der Waals surface area contributed by atoms with Crippen LogP contribution in [0.4, 0.5) is 5.95 Å². The van der Waals surface area contributed by atoms with Gasteiger partial charge in [-0.05, 0) is 44.7 Å². The highest BCUT2D eigenvalue weighted by Gasteiger charge is 2.43. The predicted molar refractivity (Wildman–Crippen MR) is 103 cm³/mol. The average molecular weight is 367 g/mol. The first-order chi connectivity index (χ1) is 13.0. The van der Waals surface area contributed by atoms with Gasteiger partial charge in [0.1, 0.15) is 11.4 Å². The second kappa shape index (κ2) is 6.93. The standard InChI is InChI=1S/C21H25N3O3/c1-14-17(15(2)25)13-22-20(23-14)24-10-8-21(9-11-24)19-16(7-12-27-21)5-4-6-18(19)26-3/h4-6,13H,7-12H2,1-3H3. The summed E-state index contributed by atoms with van der Waals surface area (Å²) in [5.41, 5.74) is 3.55. The lowest BCUT2D eigenvalue weighted by atomic mass is 9.79. The number of carbonyl (C=O) groups excluding carboxylic acids is 1. The first-order valence-electron chi connectivity index (χ1n) is 9.44. The molecule has 1 aromatic heterocycles. The minimum Gasteiger partial charge on any atom is -0.496 e. The Morgan fingerprint density at radius 3 is 2.74 bits per heavy atom. The highest BCUT2D eigenvalue weighted by Crippen LogP contribution is 2.46. The van der Waals surface area contributed by atoms with Crippen molar-refractivity contribution in [2.75, 3.05) is 31.7 Å². The van der Waals surface area contributed by atoms with Crippen molar-refractivity contribution in [3.63, 3.8) is 0 Å². The Hall–Kier alpha value is -2.47. The molecule has 27 heavy (non-hydrogen) atoms. The normalized spacial score (nSPS) is 18.3. The van der Waals surface area contributed by atoms with Crippen LogP contribution in [0.2, 0.25) is 0 Å². The van der Waals surface area contributed by atoms with E-state index < -0.39 is 0 Å². The molecule has 1 fully saturated rings. The quantitative estimate of drug-likeness (QED) is 0.777. The number of nitrogens with zero attached hydrogens (tertiary/aromatic N) is 3. The molecule has 2 aliphatic rings. The zero-order chi connectivity index (χ0) is 19.0. The van der Waals surface area contributed by atoms with Gasteiger partial charge in [0.15, 0.2) is 5.78 Å². The van der Waals surface area contributed by atoms with E-state index in [4.69, 9.17) is 9.47 Å². The largest absolute Gasteiger partial charge is 0.496 e. The SMILES string of the molecule is COc1cccc2c1C1(CCN(c3ncc(C(C)=O)c(C)n3)CC1)OCC2. The number of piperidine rings is 1. The molecule has 4 rings (SSSR count). The van der Waals surface area contributed by atoms with Gasteiger partial charge in [-0.1, -0.05) is 12.1 Å². The van der Waals surface area contributed by atoms with Crippen LogP contribution in [0.5, 0.6) is 5.75 Å². The van der Waals surface area contributed by atoms with Gasteiger partial charge in [-0.15, -0.1) is 0 Å². The number of hydrogen-bond acceptors (Lipinski definition) is 6. The summed E-state index contributed by atoms with van der Waals surface area (Å²) >= 11 is 0. The topological polar surface area (TPSA) is 64.5 Å². The Morgan fingerprint density at radius 2 is 2.07 bits per heavy atom. The fourth-order valence-electron chi connectivity index (χ4n) is 4.32. The Balaban J connectivity index is 1.59. The van der Waals surface area contributed by atoms with E-state index in [1.54, 1.807) is 20.2 Å². The fourth-order valence-corrected chi connectivity index (χ4v) is 4.32. The molecule has 1 aromatic carbocycles. The van der Waals surface area contributed by atoms with E-state index in [1.807, 2.05) is 13.0 Å². The maximum absolute atomic E-state index is 11.6. The number of fused-ring (bicyclic) bond motifs is 2. The van der Waals surface area contributed by atoms with Crippen molar-refractivity contribution in [2.24, 2.45) is 0 Å². The van der Waals surface area contributed by atoms with Gasteiger partial charge in [0.2, 0.25) is 5.95 Å². The minimum absolute atomic E-state index is 0.00375. The molecule has 6 heteroatoms. The summed E-state index contributed by atoms with van der Waals surface area (Å²) in [5, 5.41) is 0. The summed E-state index contributed by atoms with van der Waals surface area (Å²) in [5.74, 6) is 1.60. The van der Waals surface area contributed by atoms with E-state index in [0.29, 0.717) is 11.5 Å². The Kier molecular flexibility index (Phi) is 4.60. The molecule has 142 valence electrons. The van der Waals surface area contributed by atoms with Gasteiger partial charge in [0, 0.05) is 24.8 Å². The number of ether oxygens (including phenoxy) is 2. The average Bonchev–Trinajstić information content (AvgIpc) is 2.68. The molecule has 0 saturated carbocycles. The highest BCUT2D eigenvalue weighted by molar-refractivity contribution is 5.94. The summed E-state index contributed by atoms with van der Waals surface area (Å²) in [6.45, 7) is 5.75. The van der Waals surface area contributed by atoms with Crippen LogP contribution >= 0.6 is 0 Å². The van der Waals surface area contributed by atoms with E-state index in [1.165, 1.54) is 11.1 Å². The smallest absolute Gasteiger partial charge is 0.225 e. The molecule has 1 saturated heterocycles. The molecule has 0 atom stereocenters. The van der Waals surface area contributed by atoms with E-state index in [-0.39, 0.29) is 11.4 Å². The lowest BCUT2D eigenvalue weighted by molar-refractivity contribution is -0.0780. The third kappa shape index (κ3) is 3.08. The van der Waals surface area contributed by atoms with Gasteiger partial charge in [0.25, 0.3) is 0 Å². The molecule has 2 aromatic rings. The predicted octanol–water partition coefficient (Wildman–Crippen LogP) is 3.06. The van der Waals surface area contributed by atoms with Gasteiger partial charge in [0.05, 0.1) is 25.0 Å². The summed E-state index contributed by atoms with van der Waals surface area (Å²) in [6, 6.07) is 6.26. The third-order valence-corrected chi connectivity index (χ3v) is 5.74. The molecule has 0 N–H and O–H groups in total. The molecular formula is C21H25N3O3. The number of hydrogen-bond donors (Lipinski definition) is 0. The maximum atomic E-state index is 11.6. The molecule has 3 heterocycles. The highest BCUT2D eigenvalue weighted by atomic mass is 16.5. The number of methoxy groups -OCH3 is 1. The molecule has 0 amide bonds. The van der Waals surface area contributed by atoms with Crippen LogP contribution in [0.1, 0.15) is 46.9 Å². The summed E-state index contributed by atoms with van der Waals surface area (Å²) in [7, 11) is 1.72. The number of carbonyl (C=O) groups is 1. The van der Waals surface area contributed by atoms with Gasteiger partial charge in [-0.2, -0.15) is 0 Å². The molecule has 2 aliphatic heterocycles. The van der Waals surface area contributed by atoms with E-state index in [0.717, 1.165) is 50.4 Å². The second-order valence-electron chi connectivity index (χ2n) is 7.30. The zero-order valence-corrected chi connectivity index (χ0v) is 16.1. The van der Waals surface area contributed by atoms with Crippen molar-refractivity contribution in [1.82, 2.24) is 9.97 Å². The first-order valence-corrected chi connectivity index (χ1v) is 9.44. The third-order valence-electron chi connectivity index (χ3n) is 5.74. The second-order valence-corrected chi connectivity index (χ2v) is 7.30. The van der Waals surface area contributed by atoms with Crippen LogP contribution in [-0.4, -0.2) is 42.6 Å². The van der Waals surface area contributed by atoms with Gasteiger partial charge < -0.3 is 14.4 Å². The number of rotatable bonds is 3. The maximum Gasteiger partial charge on any atom is 0.225 e. The van der Waals surface area contributed by atoms with Crippen molar-refractivity contribution in [2.45, 2.75) is 38.7 Å². The van der Waals surface area contributed by atoms with Crippen LogP contribution < -0.4 is 9.64 Å². The molecule has 6 nitrogen and oxygen atoms in total. The number of benzene rings is 1. The minimum atomic E-state index is -0.301. The number of aryl methyl sites for hydroxylation is 1. The number of ketones is 1. The summed E-state index contributed by atoms with van der Waals surface area (Å²) in [6.07, 6.45) is 4.28. The number of anilines is 1. The molecule has 1 spiro atoms. The molecule has 0 bridgehead atoms. The van der Waals surface area contributed by atoms with Crippen molar-refractivity contribution >= 4 is 11.7 Å². The lowest BCUT2D eigenvalue weighted by Crippen LogP contribution is -2.47. The van der Waals surface area contributed by atoms with Crippen molar-refractivity contribution in [3.05, 3.63) is 46.8 Å². The fraction of sp³-hybridized carbons (Fsp3) is 0.476. The molecule has 0 aliphatic carbocycles. The lowest BCUT2D eigenvalue weighted by Gasteiger charge is -2.45. The summed E-state index contributed by atoms with van der Waals surface area (Å²) < 4.78 is 12.0. The number of aromatic nitrogens is 2. The van der Waals surface area contributed by atoms with Crippen LogP contribution in [-0.2, 0) is 16.8 Å². The zero-order valence-electron chi connectivity index (χ0n) is 16.1. The first kappa shape index (κ1) is 17.9. The monoisotopic (exact) mass is 367 g/mol. The molecule has 0 radical (unpaired) electrons. The van der Waals surface area contributed by atoms with Crippen molar-refractivity contribution in [1.29, 1.82) is 0 Å². The van der Waals surface area contributed by atoms with Crippen molar-refractivity contribution < 1.29 is 14.3 Å². The van der Waals surface area contributed by atoms with Gasteiger partial charge >= 0.3 is 0 Å². The van der Waals surface area contributed by atoms with Crippen LogP contribution in [0, 0.1) is 6.92 Å². The van der Waals surface area contributed by atoms with E-state index in [9.17, 15) is 4.79 Å². The Labute approximate surface area is 159 Å². The molecular weight excluding hydrogens is 342 g/mol. The van der Waals surface area contributed by atoms with Gasteiger partial charge in [-0.3, -0.25) is 4.79 Å². The number of Topliss-reactive ketones (excluding diaryl/α,β-unsaturated/α-hetero) is 1. The van der Waals surface area contributed by atoms with Crippen LogP contribution in [0.25, 0.3) is 0 Å². The van der Waals surface area contributed by atoms with Crippen LogP contribution in [0.3, 0.4) is 0 Å². The summed E-state index contributed by atoms with van der Waals surface area (Å²) in [4.78, 5) is 22.8.